The number of aromatic nitrogens is 1. The number of hydrogen-bond donors (Lipinski definition) is 0. The first-order valence-electron chi connectivity index (χ1n) is 8.84. The van der Waals surface area contributed by atoms with E-state index >= 15 is 0 Å². The van der Waals surface area contributed by atoms with Crippen LogP contribution in [0.3, 0.4) is 0 Å². The maximum atomic E-state index is 13.3. The Bertz CT molecular complexity index is 798. The van der Waals surface area contributed by atoms with Crippen molar-refractivity contribution < 1.29 is 27.4 Å². The van der Waals surface area contributed by atoms with E-state index in [1.165, 1.54) is 4.31 Å². The van der Waals surface area contributed by atoms with Crippen molar-refractivity contribution in [1.29, 1.82) is 0 Å². The number of nitrogens with zero attached hydrogens (tertiary/aromatic N) is 2. The first-order valence-corrected chi connectivity index (χ1v) is 10.3. The molecule has 8 nitrogen and oxygen atoms in total. The number of piperidine rings is 1. The van der Waals surface area contributed by atoms with E-state index in [0.29, 0.717) is 37.4 Å². The summed E-state index contributed by atoms with van der Waals surface area (Å²) in [5.74, 6) is -1.26. The number of ether oxygens (including phenoxy) is 3. The highest BCUT2D eigenvalue weighted by Gasteiger charge is 2.44. The summed E-state index contributed by atoms with van der Waals surface area (Å²) in [6.45, 7) is 6.97. The molecule has 26 heavy (non-hydrogen) atoms. The van der Waals surface area contributed by atoms with Crippen LogP contribution >= 0.6 is 0 Å². The van der Waals surface area contributed by atoms with Gasteiger partial charge in [-0.05, 0) is 20.8 Å². The molecule has 3 rings (SSSR count). The largest absolute Gasteiger partial charge is 0.462 e. The van der Waals surface area contributed by atoms with Gasteiger partial charge in [-0.2, -0.15) is 4.31 Å². The van der Waals surface area contributed by atoms with Crippen molar-refractivity contribution in [2.24, 2.45) is 7.05 Å². The minimum atomic E-state index is -3.83. The highest BCUT2D eigenvalue weighted by atomic mass is 32.2. The molecule has 0 atom stereocenters. The van der Waals surface area contributed by atoms with Crippen LogP contribution in [0.25, 0.3) is 0 Å². The van der Waals surface area contributed by atoms with Gasteiger partial charge >= 0.3 is 5.97 Å². The third-order valence-electron chi connectivity index (χ3n) is 5.30. The van der Waals surface area contributed by atoms with Gasteiger partial charge in [0.2, 0.25) is 10.0 Å². The van der Waals surface area contributed by atoms with E-state index in [1.807, 2.05) is 0 Å². The Labute approximate surface area is 154 Å². The Morgan fingerprint density at radius 2 is 1.73 bits per heavy atom. The van der Waals surface area contributed by atoms with Gasteiger partial charge in [-0.25, -0.2) is 13.2 Å². The second-order valence-corrected chi connectivity index (χ2v) is 8.54. The molecule has 0 aliphatic carbocycles. The summed E-state index contributed by atoms with van der Waals surface area (Å²) in [4.78, 5) is 12.5. The number of sulfonamides is 1. The van der Waals surface area contributed by atoms with Crippen LogP contribution in [0.4, 0.5) is 0 Å². The summed E-state index contributed by atoms with van der Waals surface area (Å²) in [7, 11) is -2.09. The lowest BCUT2D eigenvalue weighted by Crippen LogP contribution is -2.47. The first kappa shape index (κ1) is 19.3. The minimum absolute atomic E-state index is 0.0418. The van der Waals surface area contributed by atoms with Gasteiger partial charge in [0.05, 0.1) is 19.8 Å². The van der Waals surface area contributed by atoms with Crippen molar-refractivity contribution in [1.82, 2.24) is 8.87 Å². The van der Waals surface area contributed by atoms with Crippen molar-refractivity contribution >= 4 is 16.0 Å². The Morgan fingerprint density at radius 1 is 1.15 bits per heavy atom. The van der Waals surface area contributed by atoms with Gasteiger partial charge in [0, 0.05) is 44.4 Å². The molecule has 0 amide bonds. The molecule has 1 aromatic heterocycles. The van der Waals surface area contributed by atoms with Crippen LogP contribution in [0.15, 0.2) is 4.90 Å². The number of hydrogen-bond acceptors (Lipinski definition) is 6. The van der Waals surface area contributed by atoms with Gasteiger partial charge in [-0.1, -0.05) is 0 Å². The molecule has 3 heterocycles. The van der Waals surface area contributed by atoms with E-state index in [2.05, 4.69) is 0 Å². The fraction of sp³-hybridized carbons (Fsp3) is 0.706. The predicted octanol–water partition coefficient (Wildman–Crippen LogP) is 1.35. The van der Waals surface area contributed by atoms with Crippen molar-refractivity contribution in [2.45, 2.75) is 44.3 Å². The number of carbonyl (C=O) groups is 1. The summed E-state index contributed by atoms with van der Waals surface area (Å²) in [6, 6.07) is 0. The van der Waals surface area contributed by atoms with Crippen LogP contribution in [-0.2, 0) is 31.3 Å². The first-order chi connectivity index (χ1) is 12.2. The molecule has 0 radical (unpaired) electrons. The highest BCUT2D eigenvalue weighted by molar-refractivity contribution is 7.89. The molecule has 2 aliphatic rings. The second-order valence-electron chi connectivity index (χ2n) is 6.67. The molecule has 0 aromatic carbocycles. The number of esters is 1. The molecular formula is C17H26N2O6S. The van der Waals surface area contributed by atoms with E-state index in [4.69, 9.17) is 14.2 Å². The molecule has 0 saturated carbocycles. The lowest BCUT2D eigenvalue weighted by Gasteiger charge is -2.36. The predicted molar refractivity (Wildman–Crippen MR) is 93.5 cm³/mol. The highest BCUT2D eigenvalue weighted by Crippen LogP contribution is 2.35. The Morgan fingerprint density at radius 3 is 2.27 bits per heavy atom. The summed E-state index contributed by atoms with van der Waals surface area (Å²) in [5.41, 5.74) is 1.23. The third-order valence-corrected chi connectivity index (χ3v) is 7.36. The van der Waals surface area contributed by atoms with E-state index in [9.17, 15) is 13.2 Å². The van der Waals surface area contributed by atoms with Crippen molar-refractivity contribution in [3.63, 3.8) is 0 Å². The van der Waals surface area contributed by atoms with Crippen molar-refractivity contribution in [3.8, 4) is 0 Å². The van der Waals surface area contributed by atoms with Gasteiger partial charge in [-0.15, -0.1) is 0 Å². The maximum absolute atomic E-state index is 13.3. The monoisotopic (exact) mass is 386 g/mol. The number of carbonyl (C=O) groups excluding carboxylic acids is 1. The van der Waals surface area contributed by atoms with Crippen LogP contribution in [0.1, 0.15) is 41.5 Å². The zero-order chi connectivity index (χ0) is 19.1. The van der Waals surface area contributed by atoms with Gasteiger partial charge in [0.15, 0.2) is 5.79 Å². The maximum Gasteiger partial charge on any atom is 0.341 e. The van der Waals surface area contributed by atoms with E-state index in [1.54, 1.807) is 32.4 Å². The summed E-state index contributed by atoms with van der Waals surface area (Å²) in [6.07, 6.45) is 0.956. The van der Waals surface area contributed by atoms with Crippen LogP contribution in [0.5, 0.6) is 0 Å². The quantitative estimate of drug-likeness (QED) is 0.726. The summed E-state index contributed by atoms with van der Waals surface area (Å²) >= 11 is 0. The normalized spacial score (nSPS) is 20.6. The van der Waals surface area contributed by atoms with Crippen LogP contribution in [0.2, 0.25) is 0 Å². The second kappa shape index (κ2) is 6.95. The van der Waals surface area contributed by atoms with Gasteiger partial charge in [0.1, 0.15) is 10.5 Å². The van der Waals surface area contributed by atoms with Gasteiger partial charge in [-0.3, -0.25) is 0 Å². The topological polar surface area (TPSA) is 87.1 Å². The molecule has 146 valence electrons. The lowest BCUT2D eigenvalue weighted by atomic mass is 10.1. The number of rotatable bonds is 4. The average Bonchev–Trinajstić information content (AvgIpc) is 3.14. The Balaban J connectivity index is 1.95. The van der Waals surface area contributed by atoms with Crippen LogP contribution in [0, 0.1) is 13.8 Å². The molecule has 2 aliphatic heterocycles. The molecule has 1 aromatic rings. The molecule has 1 spiro atoms. The Kier molecular flexibility index (Phi) is 5.17. The van der Waals surface area contributed by atoms with Crippen molar-refractivity contribution in [3.05, 3.63) is 17.0 Å². The minimum Gasteiger partial charge on any atom is -0.462 e. The van der Waals surface area contributed by atoms with Crippen molar-refractivity contribution in [2.75, 3.05) is 32.9 Å². The molecule has 0 bridgehead atoms. The van der Waals surface area contributed by atoms with Gasteiger partial charge < -0.3 is 18.8 Å². The summed E-state index contributed by atoms with van der Waals surface area (Å²) in [5, 5.41) is 0. The SMILES string of the molecule is CCOC(=O)c1c(S(=O)(=O)N2CCC3(CC2)OCCO3)c(C)n(C)c1C. The van der Waals surface area contributed by atoms with Gasteiger partial charge in [0.25, 0.3) is 0 Å². The molecule has 2 saturated heterocycles. The third kappa shape index (κ3) is 3.06. The van der Waals surface area contributed by atoms with E-state index in [0.717, 1.165) is 0 Å². The molecule has 0 N–H and O–H groups in total. The Hall–Kier alpha value is -1.42. The molecule has 2 fully saturated rings. The van der Waals surface area contributed by atoms with Crippen LogP contribution in [-0.4, -0.2) is 62.0 Å². The van der Waals surface area contributed by atoms with E-state index in [-0.39, 0.29) is 30.2 Å². The van der Waals surface area contributed by atoms with Crippen LogP contribution < -0.4 is 0 Å². The smallest absolute Gasteiger partial charge is 0.341 e. The molecular weight excluding hydrogens is 360 g/mol. The summed E-state index contributed by atoms with van der Waals surface area (Å²) < 4.78 is 46.2. The fourth-order valence-corrected chi connectivity index (χ4v) is 5.58. The standard InChI is InChI=1S/C17H26N2O6S/c1-5-23-16(20)14-12(2)18(4)13(3)15(14)26(21,22)19-8-6-17(7-9-19)24-10-11-25-17/h5-11H2,1-4H3. The lowest BCUT2D eigenvalue weighted by molar-refractivity contribution is -0.179. The van der Waals surface area contributed by atoms with E-state index < -0.39 is 21.8 Å². The molecule has 0 unspecified atom stereocenters. The zero-order valence-corrected chi connectivity index (χ0v) is 16.5. The molecule has 9 heteroatoms. The average molecular weight is 386 g/mol. The zero-order valence-electron chi connectivity index (χ0n) is 15.7. The fourth-order valence-electron chi connectivity index (χ4n) is 3.66.